The highest BCUT2D eigenvalue weighted by molar-refractivity contribution is 5.95. The van der Waals surface area contributed by atoms with Crippen LogP contribution in [0.3, 0.4) is 0 Å². The average molecular weight is 278 g/mol. The summed E-state index contributed by atoms with van der Waals surface area (Å²) in [5.74, 6) is 1.26. The standard InChI is InChI=1S/C17H30N2O/c1-4-6-8-9-10-12-15(11-7-5-2)17(20)16-13-18-14(3)19-16/h13,15H,4-12H2,1-3H3,(H,18,19). The lowest BCUT2D eigenvalue weighted by Crippen LogP contribution is -2.15. The highest BCUT2D eigenvalue weighted by atomic mass is 16.1. The van der Waals surface area contributed by atoms with Gasteiger partial charge in [0.05, 0.1) is 6.20 Å². The molecule has 0 saturated heterocycles. The van der Waals surface area contributed by atoms with E-state index in [4.69, 9.17) is 0 Å². The fourth-order valence-electron chi connectivity index (χ4n) is 2.62. The van der Waals surface area contributed by atoms with Crippen LogP contribution in [-0.2, 0) is 0 Å². The van der Waals surface area contributed by atoms with Gasteiger partial charge in [-0.25, -0.2) is 4.98 Å². The fraction of sp³-hybridized carbons (Fsp3) is 0.765. The molecule has 1 unspecified atom stereocenters. The van der Waals surface area contributed by atoms with Gasteiger partial charge in [-0.1, -0.05) is 58.8 Å². The van der Waals surface area contributed by atoms with Crippen LogP contribution >= 0.6 is 0 Å². The Morgan fingerprint density at radius 1 is 1.10 bits per heavy atom. The number of aromatic amines is 1. The van der Waals surface area contributed by atoms with E-state index >= 15 is 0 Å². The molecule has 0 fully saturated rings. The number of Topliss-reactive ketones (excluding diaryl/α,β-unsaturated/α-hetero) is 1. The van der Waals surface area contributed by atoms with Crippen molar-refractivity contribution in [2.24, 2.45) is 5.92 Å². The number of imidazole rings is 1. The molecular weight excluding hydrogens is 248 g/mol. The van der Waals surface area contributed by atoms with Crippen molar-refractivity contribution >= 4 is 5.78 Å². The van der Waals surface area contributed by atoms with E-state index in [1.807, 2.05) is 6.92 Å². The van der Waals surface area contributed by atoms with E-state index in [2.05, 4.69) is 23.8 Å². The molecule has 0 aromatic carbocycles. The summed E-state index contributed by atoms with van der Waals surface area (Å²) in [5.41, 5.74) is 0.692. The van der Waals surface area contributed by atoms with Crippen molar-refractivity contribution < 1.29 is 4.79 Å². The topological polar surface area (TPSA) is 45.8 Å². The van der Waals surface area contributed by atoms with Gasteiger partial charge in [0.1, 0.15) is 11.5 Å². The van der Waals surface area contributed by atoms with Gasteiger partial charge in [-0.05, 0) is 19.8 Å². The molecule has 0 aliphatic rings. The van der Waals surface area contributed by atoms with Crippen LogP contribution in [-0.4, -0.2) is 15.8 Å². The Hall–Kier alpha value is -1.12. The van der Waals surface area contributed by atoms with Gasteiger partial charge in [-0.15, -0.1) is 0 Å². The molecule has 0 spiro atoms. The molecule has 0 amide bonds. The number of H-pyrrole nitrogens is 1. The van der Waals surface area contributed by atoms with Crippen LogP contribution < -0.4 is 0 Å². The zero-order valence-corrected chi connectivity index (χ0v) is 13.4. The molecule has 1 aromatic heterocycles. The zero-order valence-electron chi connectivity index (χ0n) is 13.4. The molecule has 0 aliphatic heterocycles. The number of nitrogens with zero attached hydrogens (tertiary/aromatic N) is 1. The monoisotopic (exact) mass is 278 g/mol. The lowest BCUT2D eigenvalue weighted by atomic mass is 9.90. The van der Waals surface area contributed by atoms with Crippen LogP contribution in [0.1, 0.15) is 87.9 Å². The van der Waals surface area contributed by atoms with Crippen molar-refractivity contribution in [3.8, 4) is 0 Å². The van der Waals surface area contributed by atoms with Gasteiger partial charge >= 0.3 is 0 Å². The first-order chi connectivity index (χ1) is 9.69. The van der Waals surface area contributed by atoms with Crippen LogP contribution in [0, 0.1) is 12.8 Å². The van der Waals surface area contributed by atoms with Gasteiger partial charge in [0.15, 0.2) is 5.78 Å². The van der Waals surface area contributed by atoms with Gasteiger partial charge < -0.3 is 4.98 Å². The maximum absolute atomic E-state index is 12.5. The summed E-state index contributed by atoms with van der Waals surface area (Å²) in [6.45, 7) is 6.31. The van der Waals surface area contributed by atoms with Crippen molar-refractivity contribution in [2.45, 2.75) is 78.6 Å². The lowest BCUT2D eigenvalue weighted by Gasteiger charge is -2.14. The summed E-state index contributed by atoms with van der Waals surface area (Å²) in [6, 6.07) is 0. The summed E-state index contributed by atoms with van der Waals surface area (Å²) in [4.78, 5) is 19.7. The summed E-state index contributed by atoms with van der Waals surface area (Å²) >= 11 is 0. The second kappa shape index (κ2) is 9.73. The number of carbonyl (C=O) groups excluding carboxylic acids is 1. The largest absolute Gasteiger partial charge is 0.340 e. The number of aromatic nitrogens is 2. The smallest absolute Gasteiger partial charge is 0.183 e. The Balaban J connectivity index is 2.47. The molecule has 0 bridgehead atoms. The van der Waals surface area contributed by atoms with Crippen molar-refractivity contribution in [3.05, 3.63) is 17.7 Å². The first-order valence-corrected chi connectivity index (χ1v) is 8.24. The Kier molecular flexibility index (Phi) is 8.24. The molecular formula is C17H30N2O. The highest BCUT2D eigenvalue weighted by Crippen LogP contribution is 2.21. The maximum Gasteiger partial charge on any atom is 0.183 e. The second-order valence-corrected chi connectivity index (χ2v) is 5.79. The number of nitrogens with one attached hydrogen (secondary N) is 1. The van der Waals surface area contributed by atoms with Crippen LogP contribution in [0.4, 0.5) is 0 Å². The number of hydrogen-bond donors (Lipinski definition) is 1. The quantitative estimate of drug-likeness (QED) is 0.454. The number of carbonyl (C=O) groups is 1. The Bertz CT molecular complexity index is 384. The molecule has 20 heavy (non-hydrogen) atoms. The van der Waals surface area contributed by atoms with Crippen LogP contribution in [0.15, 0.2) is 6.20 Å². The van der Waals surface area contributed by atoms with E-state index in [9.17, 15) is 4.79 Å². The molecule has 1 heterocycles. The first kappa shape index (κ1) is 16.9. The van der Waals surface area contributed by atoms with E-state index in [1.165, 1.54) is 32.1 Å². The molecule has 0 saturated carbocycles. The summed E-state index contributed by atoms with van der Waals surface area (Å²) < 4.78 is 0. The fourth-order valence-corrected chi connectivity index (χ4v) is 2.62. The Morgan fingerprint density at radius 3 is 2.35 bits per heavy atom. The van der Waals surface area contributed by atoms with Crippen molar-refractivity contribution in [1.82, 2.24) is 9.97 Å². The predicted molar refractivity (Wildman–Crippen MR) is 84.0 cm³/mol. The normalized spacial score (nSPS) is 12.6. The minimum Gasteiger partial charge on any atom is -0.340 e. The molecule has 1 N–H and O–H groups in total. The van der Waals surface area contributed by atoms with Gasteiger partial charge in [0.25, 0.3) is 0 Å². The second-order valence-electron chi connectivity index (χ2n) is 5.79. The van der Waals surface area contributed by atoms with Gasteiger partial charge in [-0.2, -0.15) is 0 Å². The van der Waals surface area contributed by atoms with E-state index < -0.39 is 0 Å². The molecule has 1 rings (SSSR count). The van der Waals surface area contributed by atoms with Gasteiger partial charge in [0, 0.05) is 5.92 Å². The third kappa shape index (κ3) is 5.89. The Morgan fingerprint density at radius 2 is 1.75 bits per heavy atom. The average Bonchev–Trinajstić information content (AvgIpc) is 2.88. The molecule has 114 valence electrons. The minimum absolute atomic E-state index is 0.177. The molecule has 0 aliphatic carbocycles. The van der Waals surface area contributed by atoms with E-state index in [1.54, 1.807) is 6.20 Å². The summed E-state index contributed by atoms with van der Waals surface area (Å²) in [5, 5.41) is 0. The van der Waals surface area contributed by atoms with Crippen LogP contribution in [0.2, 0.25) is 0 Å². The van der Waals surface area contributed by atoms with E-state index in [0.717, 1.165) is 31.5 Å². The number of aryl methyl sites for hydroxylation is 1. The highest BCUT2D eigenvalue weighted by Gasteiger charge is 2.20. The van der Waals surface area contributed by atoms with Gasteiger partial charge in [0.2, 0.25) is 0 Å². The molecule has 0 radical (unpaired) electrons. The summed E-state index contributed by atoms with van der Waals surface area (Å²) in [7, 11) is 0. The molecule has 3 nitrogen and oxygen atoms in total. The number of rotatable bonds is 11. The molecule has 3 heteroatoms. The van der Waals surface area contributed by atoms with Gasteiger partial charge in [-0.3, -0.25) is 4.79 Å². The van der Waals surface area contributed by atoms with E-state index in [-0.39, 0.29) is 11.7 Å². The van der Waals surface area contributed by atoms with Crippen molar-refractivity contribution in [1.29, 1.82) is 0 Å². The van der Waals surface area contributed by atoms with Crippen LogP contribution in [0.25, 0.3) is 0 Å². The number of ketones is 1. The predicted octanol–water partition coefficient (Wildman–Crippen LogP) is 5.07. The zero-order chi connectivity index (χ0) is 14.8. The summed E-state index contributed by atoms with van der Waals surface area (Å²) in [6.07, 6.45) is 12.3. The SMILES string of the molecule is CCCCCCCC(CCCC)C(=O)c1cnc(C)[nH]1. The molecule has 1 aromatic rings. The van der Waals surface area contributed by atoms with Crippen molar-refractivity contribution in [2.75, 3.05) is 0 Å². The minimum atomic E-state index is 0.177. The Labute approximate surface area is 123 Å². The third-order valence-electron chi connectivity index (χ3n) is 3.90. The lowest BCUT2D eigenvalue weighted by molar-refractivity contribution is 0.0897. The van der Waals surface area contributed by atoms with Crippen LogP contribution in [0.5, 0.6) is 0 Å². The molecule has 1 atom stereocenters. The first-order valence-electron chi connectivity index (χ1n) is 8.24. The third-order valence-corrected chi connectivity index (χ3v) is 3.90. The number of hydrogen-bond acceptors (Lipinski definition) is 2. The van der Waals surface area contributed by atoms with E-state index in [0.29, 0.717) is 5.69 Å². The van der Waals surface area contributed by atoms with Crippen molar-refractivity contribution in [3.63, 3.8) is 0 Å². The maximum atomic E-state index is 12.5. The number of unbranched alkanes of at least 4 members (excludes halogenated alkanes) is 5.